The molecule has 0 unspecified atom stereocenters. The molecule has 0 amide bonds. The van der Waals surface area contributed by atoms with Crippen LogP contribution in [0.15, 0.2) is 12.3 Å². The van der Waals surface area contributed by atoms with E-state index in [4.69, 9.17) is 21.0 Å². The number of nitrogen functional groups attached to an aromatic ring is 1. The summed E-state index contributed by atoms with van der Waals surface area (Å²) in [5.74, 6) is 0. The zero-order chi connectivity index (χ0) is 9.14. The molecule has 0 bridgehead atoms. The molecule has 5 nitrogen and oxygen atoms in total. The molecule has 0 atom stereocenters. The maximum atomic E-state index is 8.69. The van der Waals surface area contributed by atoms with E-state index < -0.39 is 7.12 Å². The van der Waals surface area contributed by atoms with Gasteiger partial charge in [-0.2, -0.15) is 5.26 Å². The second-order valence-electron chi connectivity index (χ2n) is 2.19. The van der Waals surface area contributed by atoms with Gasteiger partial charge in [-0.3, -0.25) is 0 Å². The largest absolute Gasteiger partial charge is 0.490 e. The van der Waals surface area contributed by atoms with Gasteiger partial charge < -0.3 is 15.8 Å². The number of aromatic nitrogens is 1. The summed E-state index contributed by atoms with van der Waals surface area (Å²) in [6.45, 7) is 0. The second kappa shape index (κ2) is 3.22. The molecule has 6 heteroatoms. The van der Waals surface area contributed by atoms with Crippen molar-refractivity contribution in [1.29, 1.82) is 5.26 Å². The fourth-order valence-corrected chi connectivity index (χ4v) is 0.733. The van der Waals surface area contributed by atoms with E-state index >= 15 is 0 Å². The van der Waals surface area contributed by atoms with Crippen molar-refractivity contribution in [3.05, 3.63) is 18.0 Å². The van der Waals surface area contributed by atoms with E-state index in [2.05, 4.69) is 4.98 Å². The lowest BCUT2D eigenvalue weighted by atomic mass is 9.81. The molecule has 1 aromatic heterocycles. The van der Waals surface area contributed by atoms with Gasteiger partial charge in [-0.05, 0) is 6.07 Å². The van der Waals surface area contributed by atoms with Gasteiger partial charge in [-0.25, -0.2) is 4.98 Å². The number of hydrogen-bond donors (Lipinski definition) is 3. The lowest BCUT2D eigenvalue weighted by molar-refractivity contribution is 0.425. The Morgan fingerprint density at radius 1 is 1.58 bits per heavy atom. The van der Waals surface area contributed by atoms with E-state index in [1.54, 1.807) is 6.07 Å². The van der Waals surface area contributed by atoms with Crippen LogP contribution >= 0.6 is 0 Å². The Morgan fingerprint density at radius 3 is 2.67 bits per heavy atom. The summed E-state index contributed by atoms with van der Waals surface area (Å²) in [5, 5.41) is 25.8. The number of nitrogens with zero attached hydrogens (tertiary/aromatic N) is 2. The van der Waals surface area contributed by atoms with Crippen LogP contribution in [0.2, 0.25) is 0 Å². The van der Waals surface area contributed by atoms with Gasteiger partial charge >= 0.3 is 7.12 Å². The lowest BCUT2D eigenvalue weighted by Gasteiger charge is -2.00. The number of pyridine rings is 1. The predicted octanol–water partition coefficient (Wildman–Crippen LogP) is -1.78. The minimum atomic E-state index is -1.60. The predicted molar refractivity (Wildman–Crippen MR) is 43.2 cm³/mol. The van der Waals surface area contributed by atoms with Crippen LogP contribution in [-0.2, 0) is 0 Å². The quantitative estimate of drug-likeness (QED) is 0.424. The van der Waals surface area contributed by atoms with E-state index in [1.807, 2.05) is 0 Å². The molecule has 0 aliphatic carbocycles. The third-order valence-corrected chi connectivity index (χ3v) is 1.34. The molecule has 4 N–H and O–H groups in total. The molecule has 0 aliphatic rings. The van der Waals surface area contributed by atoms with Gasteiger partial charge in [0.05, 0.1) is 5.69 Å². The first kappa shape index (κ1) is 8.52. The average Bonchev–Trinajstić information content (AvgIpc) is 2.04. The Bertz CT molecular complexity index is 334. The molecular formula is C6H6BN3O2. The fraction of sp³-hybridized carbons (Fsp3) is 0. The standard InChI is InChI=1S/C6H6BN3O2/c8-2-6-5(9)1-4(3-10-6)7(11)12/h1,3,11-12H,9H2. The molecule has 1 heterocycles. The minimum Gasteiger partial charge on any atom is -0.423 e. The third-order valence-electron chi connectivity index (χ3n) is 1.34. The van der Waals surface area contributed by atoms with Crippen LogP contribution in [0.25, 0.3) is 0 Å². The van der Waals surface area contributed by atoms with Crippen molar-refractivity contribution in [3.63, 3.8) is 0 Å². The molecule has 60 valence electrons. The number of anilines is 1. The molecule has 1 aromatic rings. The van der Waals surface area contributed by atoms with Crippen LogP contribution < -0.4 is 11.2 Å². The highest BCUT2D eigenvalue weighted by Gasteiger charge is 2.12. The van der Waals surface area contributed by atoms with Crippen molar-refractivity contribution in [2.24, 2.45) is 0 Å². The molecule has 0 saturated carbocycles. The molecule has 0 aromatic carbocycles. The molecular weight excluding hydrogens is 157 g/mol. The van der Waals surface area contributed by atoms with E-state index in [-0.39, 0.29) is 16.8 Å². The smallest absolute Gasteiger partial charge is 0.423 e. The zero-order valence-electron chi connectivity index (χ0n) is 6.10. The van der Waals surface area contributed by atoms with Crippen molar-refractivity contribution in [1.82, 2.24) is 4.98 Å². The number of nitriles is 1. The molecule has 0 fully saturated rings. The topological polar surface area (TPSA) is 103 Å². The van der Waals surface area contributed by atoms with Gasteiger partial charge in [0, 0.05) is 11.7 Å². The Kier molecular flexibility index (Phi) is 2.28. The first-order valence-corrected chi connectivity index (χ1v) is 3.17. The van der Waals surface area contributed by atoms with Crippen LogP contribution in [-0.4, -0.2) is 22.2 Å². The van der Waals surface area contributed by atoms with Crippen molar-refractivity contribution >= 4 is 18.3 Å². The first-order valence-electron chi connectivity index (χ1n) is 3.17. The van der Waals surface area contributed by atoms with Crippen molar-refractivity contribution in [2.75, 3.05) is 5.73 Å². The van der Waals surface area contributed by atoms with Gasteiger partial charge in [0.1, 0.15) is 6.07 Å². The Morgan fingerprint density at radius 2 is 2.25 bits per heavy atom. The van der Waals surface area contributed by atoms with Gasteiger partial charge in [0.15, 0.2) is 5.69 Å². The third kappa shape index (κ3) is 1.53. The molecule has 0 saturated heterocycles. The van der Waals surface area contributed by atoms with E-state index in [9.17, 15) is 0 Å². The van der Waals surface area contributed by atoms with Crippen LogP contribution in [0, 0.1) is 11.3 Å². The molecule has 12 heavy (non-hydrogen) atoms. The van der Waals surface area contributed by atoms with Crippen molar-refractivity contribution in [3.8, 4) is 6.07 Å². The van der Waals surface area contributed by atoms with Crippen molar-refractivity contribution in [2.45, 2.75) is 0 Å². The summed E-state index contributed by atoms with van der Waals surface area (Å²) in [4.78, 5) is 3.61. The number of rotatable bonds is 1. The van der Waals surface area contributed by atoms with E-state index in [0.29, 0.717) is 0 Å². The first-order chi connectivity index (χ1) is 5.65. The summed E-state index contributed by atoms with van der Waals surface area (Å²) in [5.41, 5.74) is 5.76. The molecule has 0 radical (unpaired) electrons. The highest BCUT2D eigenvalue weighted by atomic mass is 16.4. The normalized spacial score (nSPS) is 9.08. The van der Waals surface area contributed by atoms with E-state index in [1.165, 1.54) is 12.3 Å². The summed E-state index contributed by atoms with van der Waals surface area (Å²) in [6.07, 6.45) is 1.19. The maximum absolute atomic E-state index is 8.69. The lowest BCUT2D eigenvalue weighted by Crippen LogP contribution is -2.30. The van der Waals surface area contributed by atoms with Crippen LogP contribution in [0.4, 0.5) is 5.69 Å². The summed E-state index contributed by atoms with van der Waals surface area (Å²) in [7, 11) is -1.60. The van der Waals surface area contributed by atoms with Gasteiger partial charge in [-0.15, -0.1) is 0 Å². The van der Waals surface area contributed by atoms with E-state index in [0.717, 1.165) is 0 Å². The Hall–Kier alpha value is -1.58. The zero-order valence-corrected chi connectivity index (χ0v) is 6.10. The monoisotopic (exact) mass is 163 g/mol. The molecule has 1 rings (SSSR count). The van der Waals surface area contributed by atoms with Gasteiger partial charge in [0.2, 0.25) is 0 Å². The second-order valence-corrected chi connectivity index (χ2v) is 2.19. The highest BCUT2D eigenvalue weighted by Crippen LogP contribution is 2.02. The SMILES string of the molecule is N#Cc1ncc(B(O)O)cc1N. The van der Waals surface area contributed by atoms with Crippen LogP contribution in [0.5, 0.6) is 0 Å². The minimum absolute atomic E-state index is 0.0828. The van der Waals surface area contributed by atoms with Crippen molar-refractivity contribution < 1.29 is 10.0 Å². The van der Waals surface area contributed by atoms with Crippen LogP contribution in [0.3, 0.4) is 0 Å². The number of nitrogens with two attached hydrogens (primary N) is 1. The Balaban J connectivity index is 3.12. The molecule has 0 aliphatic heterocycles. The summed E-state index contributed by atoms with van der Waals surface area (Å²) >= 11 is 0. The van der Waals surface area contributed by atoms with Gasteiger partial charge in [-0.1, -0.05) is 0 Å². The maximum Gasteiger partial charge on any atom is 0.490 e. The Labute approximate surface area is 69.2 Å². The fourth-order valence-electron chi connectivity index (χ4n) is 0.733. The number of hydrogen-bond acceptors (Lipinski definition) is 5. The average molecular weight is 163 g/mol. The highest BCUT2D eigenvalue weighted by molar-refractivity contribution is 6.58. The van der Waals surface area contributed by atoms with Crippen LogP contribution in [0.1, 0.15) is 5.69 Å². The van der Waals surface area contributed by atoms with Gasteiger partial charge in [0.25, 0.3) is 0 Å². The molecule has 0 spiro atoms. The summed E-state index contributed by atoms with van der Waals surface area (Å²) < 4.78 is 0. The summed E-state index contributed by atoms with van der Waals surface area (Å²) in [6, 6.07) is 3.06.